The van der Waals surface area contributed by atoms with E-state index in [1.54, 1.807) is 0 Å². The van der Waals surface area contributed by atoms with Gasteiger partial charge in [-0.1, -0.05) is 0 Å². The lowest BCUT2D eigenvalue weighted by atomic mass is 10.1. The standard InChI is InChI=1S/C15H22N4O/c1-5-19-13(4)15(12(3)17-19)11(2)16-14(20)10-18-8-6-7-9-18/h6-9,11H,5,10H2,1-4H3,(H,16,20). The first-order chi connectivity index (χ1) is 9.52. The zero-order chi connectivity index (χ0) is 14.7. The fourth-order valence-corrected chi connectivity index (χ4v) is 2.65. The van der Waals surface area contributed by atoms with Crippen molar-refractivity contribution in [2.24, 2.45) is 0 Å². The number of nitrogens with one attached hydrogen (secondary N) is 1. The van der Waals surface area contributed by atoms with Gasteiger partial charge in [0.25, 0.3) is 0 Å². The van der Waals surface area contributed by atoms with Crippen molar-refractivity contribution >= 4 is 5.91 Å². The molecule has 0 bridgehead atoms. The van der Waals surface area contributed by atoms with Crippen molar-refractivity contribution in [3.63, 3.8) is 0 Å². The maximum atomic E-state index is 12.0. The Morgan fingerprint density at radius 3 is 2.55 bits per heavy atom. The van der Waals surface area contributed by atoms with Gasteiger partial charge in [-0.2, -0.15) is 5.10 Å². The first-order valence-corrected chi connectivity index (χ1v) is 6.97. The lowest BCUT2D eigenvalue weighted by Crippen LogP contribution is -2.30. The van der Waals surface area contributed by atoms with Gasteiger partial charge in [-0.15, -0.1) is 0 Å². The molecule has 108 valence electrons. The second kappa shape index (κ2) is 5.94. The topological polar surface area (TPSA) is 51.9 Å². The van der Waals surface area contributed by atoms with Crippen LogP contribution in [0.2, 0.25) is 0 Å². The van der Waals surface area contributed by atoms with E-state index < -0.39 is 0 Å². The van der Waals surface area contributed by atoms with Gasteiger partial charge in [0.2, 0.25) is 5.91 Å². The average molecular weight is 274 g/mol. The van der Waals surface area contributed by atoms with E-state index in [1.165, 1.54) is 0 Å². The van der Waals surface area contributed by atoms with E-state index in [-0.39, 0.29) is 11.9 Å². The van der Waals surface area contributed by atoms with Crippen LogP contribution >= 0.6 is 0 Å². The molecule has 2 rings (SSSR count). The number of carbonyl (C=O) groups is 1. The van der Waals surface area contributed by atoms with Crippen molar-refractivity contribution in [2.45, 2.75) is 46.8 Å². The quantitative estimate of drug-likeness (QED) is 0.908. The summed E-state index contributed by atoms with van der Waals surface area (Å²) in [5, 5.41) is 7.53. The molecule has 1 atom stereocenters. The van der Waals surface area contributed by atoms with Crippen molar-refractivity contribution in [1.82, 2.24) is 19.7 Å². The Labute approximate surface area is 119 Å². The molecular formula is C15H22N4O. The van der Waals surface area contributed by atoms with Crippen LogP contribution in [0.25, 0.3) is 0 Å². The molecule has 0 saturated heterocycles. The van der Waals surface area contributed by atoms with Gasteiger partial charge < -0.3 is 9.88 Å². The second-order valence-corrected chi connectivity index (χ2v) is 5.04. The molecule has 2 aromatic heterocycles. The summed E-state index contributed by atoms with van der Waals surface area (Å²) in [7, 11) is 0. The number of hydrogen-bond acceptors (Lipinski definition) is 2. The Bertz CT molecular complexity index is 583. The van der Waals surface area contributed by atoms with E-state index in [2.05, 4.69) is 17.3 Å². The molecule has 0 saturated carbocycles. The van der Waals surface area contributed by atoms with E-state index in [0.29, 0.717) is 6.54 Å². The van der Waals surface area contributed by atoms with E-state index in [0.717, 1.165) is 23.5 Å². The predicted octanol–water partition coefficient (Wildman–Crippen LogP) is 2.20. The van der Waals surface area contributed by atoms with Crippen molar-refractivity contribution in [3.05, 3.63) is 41.5 Å². The number of carbonyl (C=O) groups excluding carboxylic acids is 1. The molecule has 0 radical (unpaired) electrons. The number of hydrogen-bond donors (Lipinski definition) is 1. The fraction of sp³-hybridized carbons (Fsp3) is 0.467. The van der Waals surface area contributed by atoms with Crippen LogP contribution in [0.5, 0.6) is 0 Å². The average Bonchev–Trinajstić information content (AvgIpc) is 2.97. The molecule has 5 heteroatoms. The van der Waals surface area contributed by atoms with Gasteiger partial charge in [0.1, 0.15) is 6.54 Å². The molecule has 0 aliphatic rings. The van der Waals surface area contributed by atoms with E-state index in [4.69, 9.17) is 0 Å². The highest BCUT2D eigenvalue weighted by atomic mass is 16.2. The molecule has 2 heterocycles. The van der Waals surface area contributed by atoms with E-state index in [9.17, 15) is 4.79 Å². The zero-order valence-electron chi connectivity index (χ0n) is 12.6. The summed E-state index contributed by atoms with van der Waals surface area (Å²) in [6.07, 6.45) is 3.77. The summed E-state index contributed by atoms with van der Waals surface area (Å²) in [5.41, 5.74) is 3.23. The number of amides is 1. The van der Waals surface area contributed by atoms with E-state index >= 15 is 0 Å². The van der Waals surface area contributed by atoms with Crippen molar-refractivity contribution < 1.29 is 4.79 Å². The van der Waals surface area contributed by atoms with Gasteiger partial charge in [-0.3, -0.25) is 9.48 Å². The fourth-order valence-electron chi connectivity index (χ4n) is 2.65. The Morgan fingerprint density at radius 1 is 1.35 bits per heavy atom. The van der Waals surface area contributed by atoms with Crippen molar-refractivity contribution in [3.8, 4) is 0 Å². The SMILES string of the molecule is CCn1nc(C)c(C(C)NC(=O)Cn2cccc2)c1C. The Morgan fingerprint density at radius 2 is 2.00 bits per heavy atom. The molecule has 2 aromatic rings. The van der Waals surface area contributed by atoms with Crippen LogP contribution in [0.4, 0.5) is 0 Å². The minimum atomic E-state index is -0.0293. The predicted molar refractivity (Wildman–Crippen MR) is 78.4 cm³/mol. The minimum absolute atomic E-state index is 0.0109. The third-order valence-corrected chi connectivity index (χ3v) is 3.54. The summed E-state index contributed by atoms with van der Waals surface area (Å²) < 4.78 is 3.83. The Balaban J connectivity index is 2.06. The largest absolute Gasteiger partial charge is 0.348 e. The second-order valence-electron chi connectivity index (χ2n) is 5.04. The number of rotatable bonds is 5. The number of aryl methyl sites for hydroxylation is 2. The van der Waals surface area contributed by atoms with Crippen LogP contribution in [-0.4, -0.2) is 20.3 Å². The van der Waals surface area contributed by atoms with Gasteiger partial charge in [-0.25, -0.2) is 0 Å². The van der Waals surface area contributed by atoms with Gasteiger partial charge in [-0.05, 0) is 39.8 Å². The van der Waals surface area contributed by atoms with Crippen LogP contribution in [0.3, 0.4) is 0 Å². The van der Waals surface area contributed by atoms with Crippen molar-refractivity contribution in [1.29, 1.82) is 0 Å². The number of aromatic nitrogens is 3. The lowest BCUT2D eigenvalue weighted by Gasteiger charge is -2.15. The first kappa shape index (κ1) is 14.4. The molecule has 0 aromatic carbocycles. The van der Waals surface area contributed by atoms with E-state index in [1.807, 2.05) is 54.5 Å². The maximum Gasteiger partial charge on any atom is 0.240 e. The zero-order valence-corrected chi connectivity index (χ0v) is 12.6. The third-order valence-electron chi connectivity index (χ3n) is 3.54. The summed E-state index contributed by atoms with van der Waals surface area (Å²) in [5.74, 6) is 0.0109. The lowest BCUT2D eigenvalue weighted by molar-refractivity contribution is -0.122. The van der Waals surface area contributed by atoms with Gasteiger partial charge in [0, 0.05) is 30.2 Å². The number of nitrogens with zero attached hydrogens (tertiary/aromatic N) is 3. The molecular weight excluding hydrogens is 252 g/mol. The van der Waals surface area contributed by atoms with Crippen LogP contribution in [0.1, 0.15) is 36.8 Å². The minimum Gasteiger partial charge on any atom is -0.348 e. The van der Waals surface area contributed by atoms with Gasteiger partial charge >= 0.3 is 0 Å². The van der Waals surface area contributed by atoms with Crippen LogP contribution in [-0.2, 0) is 17.9 Å². The molecule has 1 unspecified atom stereocenters. The molecule has 0 aliphatic carbocycles. The highest BCUT2D eigenvalue weighted by Gasteiger charge is 2.18. The van der Waals surface area contributed by atoms with Crippen LogP contribution in [0.15, 0.2) is 24.5 Å². The summed E-state index contributed by atoms with van der Waals surface area (Å²) in [6, 6.07) is 3.80. The highest BCUT2D eigenvalue weighted by Crippen LogP contribution is 2.21. The summed E-state index contributed by atoms with van der Waals surface area (Å²) in [6.45, 7) is 9.30. The van der Waals surface area contributed by atoms with Crippen LogP contribution < -0.4 is 5.32 Å². The smallest absolute Gasteiger partial charge is 0.240 e. The molecule has 0 fully saturated rings. The summed E-state index contributed by atoms with van der Waals surface area (Å²) in [4.78, 5) is 12.0. The molecule has 1 amide bonds. The molecule has 1 N–H and O–H groups in total. The molecule has 5 nitrogen and oxygen atoms in total. The Hall–Kier alpha value is -2.04. The molecule has 0 spiro atoms. The molecule has 0 aliphatic heterocycles. The van der Waals surface area contributed by atoms with Crippen molar-refractivity contribution in [2.75, 3.05) is 0 Å². The molecule has 20 heavy (non-hydrogen) atoms. The normalized spacial score (nSPS) is 12.4. The highest BCUT2D eigenvalue weighted by molar-refractivity contribution is 5.76. The maximum absolute atomic E-state index is 12.0. The van der Waals surface area contributed by atoms with Gasteiger partial charge in [0.15, 0.2) is 0 Å². The summed E-state index contributed by atoms with van der Waals surface area (Å²) >= 11 is 0. The van der Waals surface area contributed by atoms with Gasteiger partial charge in [0.05, 0.1) is 11.7 Å². The Kier molecular flexibility index (Phi) is 4.27. The first-order valence-electron chi connectivity index (χ1n) is 6.97. The third kappa shape index (κ3) is 2.92. The monoisotopic (exact) mass is 274 g/mol. The van der Waals surface area contributed by atoms with Crippen LogP contribution in [0, 0.1) is 13.8 Å².